The fourth-order valence-corrected chi connectivity index (χ4v) is 2.02. The van der Waals surface area contributed by atoms with E-state index in [4.69, 9.17) is 9.47 Å². The van der Waals surface area contributed by atoms with Gasteiger partial charge in [0.05, 0.1) is 11.6 Å². The van der Waals surface area contributed by atoms with Crippen LogP contribution in [0.3, 0.4) is 0 Å². The van der Waals surface area contributed by atoms with Gasteiger partial charge in [0.1, 0.15) is 12.2 Å². The first-order valence-corrected chi connectivity index (χ1v) is 8.22. The number of hydrogen-bond donors (Lipinski definition) is 1. The highest BCUT2D eigenvalue weighted by Crippen LogP contribution is 2.11. The van der Waals surface area contributed by atoms with Gasteiger partial charge in [-0.25, -0.2) is 9.59 Å². The molecule has 0 saturated heterocycles. The number of esters is 1. The molecule has 1 atom stereocenters. The van der Waals surface area contributed by atoms with E-state index in [0.29, 0.717) is 12.0 Å². The first kappa shape index (κ1) is 20.5. The number of carbonyl (C=O) groups excluding carboxylic acids is 2. The van der Waals surface area contributed by atoms with Crippen molar-refractivity contribution in [2.45, 2.75) is 45.8 Å². The number of benzene rings is 1. The quantitative estimate of drug-likeness (QED) is 0.592. The van der Waals surface area contributed by atoms with Gasteiger partial charge in [-0.3, -0.25) is 0 Å². The molecule has 0 heterocycles. The molecule has 0 radical (unpaired) electrons. The average Bonchev–Trinajstić information content (AvgIpc) is 2.53. The summed E-state index contributed by atoms with van der Waals surface area (Å²) in [6, 6.07) is 8.53. The lowest BCUT2D eigenvalue weighted by atomic mass is 10.1. The molecule has 0 bridgehead atoms. The molecule has 0 saturated carbocycles. The van der Waals surface area contributed by atoms with Crippen molar-refractivity contribution >= 4 is 12.1 Å². The predicted octanol–water partition coefficient (Wildman–Crippen LogP) is 4.26. The first-order chi connectivity index (χ1) is 11.7. The van der Waals surface area contributed by atoms with Gasteiger partial charge in [-0.15, -0.1) is 6.58 Å². The maximum Gasteiger partial charge on any atom is 0.408 e. The highest BCUT2D eigenvalue weighted by molar-refractivity contribution is 5.89. The van der Waals surface area contributed by atoms with Crippen molar-refractivity contribution in [3.05, 3.63) is 60.2 Å². The van der Waals surface area contributed by atoms with Crippen molar-refractivity contribution in [1.82, 2.24) is 5.32 Å². The third-order valence-electron chi connectivity index (χ3n) is 3.27. The minimum Gasteiger partial charge on any atom is -0.458 e. The molecular formula is C20H27NO4. The average molecular weight is 345 g/mol. The van der Waals surface area contributed by atoms with Gasteiger partial charge in [0.15, 0.2) is 0 Å². The minimum absolute atomic E-state index is 0.128. The van der Waals surface area contributed by atoms with E-state index in [0.717, 1.165) is 5.57 Å². The molecule has 1 aromatic carbocycles. The molecule has 0 fully saturated rings. The van der Waals surface area contributed by atoms with Crippen molar-refractivity contribution in [3.63, 3.8) is 0 Å². The molecule has 1 rings (SSSR count). The minimum atomic E-state index is -0.564. The highest BCUT2D eigenvalue weighted by Gasteiger charge is 2.19. The molecule has 0 unspecified atom stereocenters. The second-order valence-corrected chi connectivity index (χ2v) is 6.64. The normalized spacial score (nSPS) is 12.9. The summed E-state index contributed by atoms with van der Waals surface area (Å²) in [7, 11) is 0. The molecule has 136 valence electrons. The van der Waals surface area contributed by atoms with Crippen LogP contribution in [-0.4, -0.2) is 30.3 Å². The van der Waals surface area contributed by atoms with E-state index in [9.17, 15) is 9.59 Å². The second kappa shape index (κ2) is 9.67. The zero-order chi connectivity index (χ0) is 18.9. The lowest BCUT2D eigenvalue weighted by Gasteiger charge is -2.23. The van der Waals surface area contributed by atoms with Crippen molar-refractivity contribution < 1.29 is 19.1 Å². The van der Waals surface area contributed by atoms with Gasteiger partial charge in [0.2, 0.25) is 0 Å². The van der Waals surface area contributed by atoms with Crippen molar-refractivity contribution in [2.75, 3.05) is 6.61 Å². The summed E-state index contributed by atoms with van der Waals surface area (Å²) in [4.78, 5) is 23.8. The summed E-state index contributed by atoms with van der Waals surface area (Å²) in [6.07, 6.45) is 3.55. The van der Waals surface area contributed by atoms with Crippen LogP contribution in [0, 0.1) is 0 Å². The van der Waals surface area contributed by atoms with Gasteiger partial charge in [-0.1, -0.05) is 29.8 Å². The monoisotopic (exact) mass is 345 g/mol. The number of alkyl carbamates (subject to hydrolysis) is 1. The van der Waals surface area contributed by atoms with E-state index < -0.39 is 11.7 Å². The van der Waals surface area contributed by atoms with Crippen LogP contribution in [0.1, 0.15) is 44.5 Å². The SMILES string of the molecule is C=CC[C@H](NC(=O)OC(C)(C)C)/C(C)=C/COC(=O)c1ccccc1. The third kappa shape index (κ3) is 8.20. The Morgan fingerprint density at radius 2 is 1.88 bits per heavy atom. The Labute approximate surface area is 149 Å². The van der Waals surface area contributed by atoms with Crippen LogP contribution in [0.5, 0.6) is 0 Å². The van der Waals surface area contributed by atoms with Crippen molar-refractivity contribution in [3.8, 4) is 0 Å². The van der Waals surface area contributed by atoms with Crippen LogP contribution < -0.4 is 5.32 Å². The Balaban J connectivity index is 2.60. The zero-order valence-corrected chi connectivity index (χ0v) is 15.4. The number of ether oxygens (including phenoxy) is 2. The summed E-state index contributed by atoms with van der Waals surface area (Å²) >= 11 is 0. The topological polar surface area (TPSA) is 64.6 Å². The van der Waals surface area contributed by atoms with E-state index in [-0.39, 0.29) is 18.6 Å². The molecule has 1 aromatic rings. The fraction of sp³-hybridized carbons (Fsp3) is 0.400. The molecule has 0 aliphatic rings. The Hall–Kier alpha value is -2.56. The van der Waals surface area contributed by atoms with Gasteiger partial charge >= 0.3 is 12.1 Å². The maximum absolute atomic E-state index is 11.9. The van der Waals surface area contributed by atoms with Crippen LogP contribution in [0.25, 0.3) is 0 Å². The van der Waals surface area contributed by atoms with Gasteiger partial charge in [0.25, 0.3) is 0 Å². The number of rotatable bonds is 7. The molecular weight excluding hydrogens is 318 g/mol. The summed E-state index contributed by atoms with van der Waals surface area (Å²) < 4.78 is 10.5. The van der Waals surface area contributed by atoms with E-state index in [1.165, 1.54) is 0 Å². The number of nitrogens with one attached hydrogen (secondary N) is 1. The largest absolute Gasteiger partial charge is 0.458 e. The highest BCUT2D eigenvalue weighted by atomic mass is 16.6. The van der Waals surface area contributed by atoms with E-state index in [2.05, 4.69) is 11.9 Å². The van der Waals surface area contributed by atoms with Crippen LogP contribution >= 0.6 is 0 Å². The third-order valence-corrected chi connectivity index (χ3v) is 3.27. The molecule has 1 N–H and O–H groups in total. The zero-order valence-electron chi connectivity index (χ0n) is 15.4. The van der Waals surface area contributed by atoms with Crippen molar-refractivity contribution in [1.29, 1.82) is 0 Å². The van der Waals surface area contributed by atoms with Crippen LogP contribution in [0.15, 0.2) is 54.6 Å². The number of hydrogen-bond acceptors (Lipinski definition) is 4. The molecule has 1 amide bonds. The summed E-state index contributed by atoms with van der Waals surface area (Å²) in [5, 5.41) is 2.80. The van der Waals surface area contributed by atoms with Gasteiger partial charge in [-0.05, 0) is 52.3 Å². The van der Waals surface area contributed by atoms with Crippen LogP contribution in [-0.2, 0) is 9.47 Å². The number of amides is 1. The Morgan fingerprint density at radius 1 is 1.24 bits per heavy atom. The van der Waals surface area contributed by atoms with Crippen molar-refractivity contribution in [2.24, 2.45) is 0 Å². The smallest absolute Gasteiger partial charge is 0.408 e. The molecule has 5 nitrogen and oxygen atoms in total. The second-order valence-electron chi connectivity index (χ2n) is 6.64. The standard InChI is InChI=1S/C20H27NO4/c1-6-10-17(21-19(23)25-20(3,4)5)15(2)13-14-24-18(22)16-11-8-7-9-12-16/h6-9,11-13,17H,1,10,14H2,2-5H3,(H,21,23)/b15-13+/t17-/m0/s1. The van der Waals surface area contributed by atoms with Crippen LogP contribution in [0.2, 0.25) is 0 Å². The van der Waals surface area contributed by atoms with Gasteiger partial charge in [0, 0.05) is 0 Å². The van der Waals surface area contributed by atoms with Crippen LogP contribution in [0.4, 0.5) is 4.79 Å². The number of carbonyl (C=O) groups is 2. The lowest BCUT2D eigenvalue weighted by Crippen LogP contribution is -2.39. The Bertz CT molecular complexity index is 614. The fourth-order valence-electron chi connectivity index (χ4n) is 2.02. The lowest BCUT2D eigenvalue weighted by molar-refractivity contribution is 0.0505. The summed E-state index contributed by atoms with van der Waals surface area (Å²) in [6.45, 7) is 11.1. The van der Waals surface area contributed by atoms with Gasteiger partial charge < -0.3 is 14.8 Å². The molecule has 0 aliphatic carbocycles. The predicted molar refractivity (Wildman–Crippen MR) is 98.5 cm³/mol. The molecule has 0 spiro atoms. The summed E-state index contributed by atoms with van der Waals surface area (Å²) in [5.41, 5.74) is 0.806. The maximum atomic E-state index is 11.9. The summed E-state index contributed by atoms with van der Waals surface area (Å²) in [5.74, 6) is -0.384. The first-order valence-electron chi connectivity index (χ1n) is 8.22. The Kier molecular flexibility index (Phi) is 7.92. The van der Waals surface area contributed by atoms with E-state index in [1.807, 2.05) is 13.0 Å². The van der Waals surface area contributed by atoms with E-state index in [1.54, 1.807) is 57.2 Å². The van der Waals surface area contributed by atoms with E-state index >= 15 is 0 Å². The molecule has 0 aromatic heterocycles. The Morgan fingerprint density at radius 3 is 2.44 bits per heavy atom. The molecule has 5 heteroatoms. The molecule has 0 aliphatic heterocycles. The van der Waals surface area contributed by atoms with Gasteiger partial charge in [-0.2, -0.15) is 0 Å². The molecule has 25 heavy (non-hydrogen) atoms.